The Kier molecular flexibility index (Phi) is 5.84. The predicted octanol–water partition coefficient (Wildman–Crippen LogP) is 3.06. The number of hydrogen-bond acceptors (Lipinski definition) is 3. The zero-order chi connectivity index (χ0) is 18.4. The molecule has 1 aromatic heterocycles. The van der Waals surface area contributed by atoms with Crippen LogP contribution in [0.4, 0.5) is 10.5 Å². The first-order chi connectivity index (χ1) is 12.6. The summed E-state index contributed by atoms with van der Waals surface area (Å²) in [5, 5.41) is 5.77. The SMILES string of the molecule is Cc1ccc(NC(=O)NCC2CCN(C(=O)c3ccncc3)CC2)cc1. The minimum absolute atomic E-state index is 0.0518. The molecule has 136 valence electrons. The average Bonchev–Trinajstić information content (AvgIpc) is 2.69. The van der Waals surface area contributed by atoms with E-state index in [-0.39, 0.29) is 11.9 Å². The van der Waals surface area contributed by atoms with Gasteiger partial charge in [0, 0.05) is 43.3 Å². The molecule has 6 nitrogen and oxygen atoms in total. The Balaban J connectivity index is 1.40. The maximum absolute atomic E-state index is 12.4. The number of aryl methyl sites for hydroxylation is 1. The van der Waals surface area contributed by atoms with Crippen molar-refractivity contribution in [3.8, 4) is 0 Å². The molecule has 3 rings (SSSR count). The van der Waals surface area contributed by atoms with Crippen LogP contribution in [0.2, 0.25) is 0 Å². The van der Waals surface area contributed by atoms with Gasteiger partial charge in [0.15, 0.2) is 0 Å². The number of pyridine rings is 1. The number of carbonyl (C=O) groups excluding carboxylic acids is 2. The van der Waals surface area contributed by atoms with Gasteiger partial charge in [0.05, 0.1) is 0 Å². The molecule has 0 radical (unpaired) electrons. The van der Waals surface area contributed by atoms with Gasteiger partial charge in [-0.15, -0.1) is 0 Å². The van der Waals surface area contributed by atoms with Gasteiger partial charge < -0.3 is 15.5 Å². The van der Waals surface area contributed by atoms with Crippen molar-refractivity contribution >= 4 is 17.6 Å². The van der Waals surface area contributed by atoms with Gasteiger partial charge in [0.1, 0.15) is 0 Å². The smallest absolute Gasteiger partial charge is 0.319 e. The maximum atomic E-state index is 12.4. The van der Waals surface area contributed by atoms with Gasteiger partial charge in [-0.2, -0.15) is 0 Å². The largest absolute Gasteiger partial charge is 0.339 e. The third-order valence-electron chi connectivity index (χ3n) is 4.69. The van der Waals surface area contributed by atoms with Crippen LogP contribution in [-0.2, 0) is 0 Å². The first kappa shape index (κ1) is 17.9. The highest BCUT2D eigenvalue weighted by Gasteiger charge is 2.23. The second-order valence-electron chi connectivity index (χ2n) is 6.67. The van der Waals surface area contributed by atoms with Crippen LogP contribution in [0, 0.1) is 12.8 Å². The standard InChI is InChI=1S/C20H24N4O2/c1-15-2-4-18(5-3-15)23-20(26)22-14-16-8-12-24(13-9-16)19(25)17-6-10-21-11-7-17/h2-7,10-11,16H,8-9,12-14H2,1H3,(H2,22,23,26). The molecule has 26 heavy (non-hydrogen) atoms. The number of hydrogen-bond donors (Lipinski definition) is 2. The minimum atomic E-state index is -0.191. The number of benzene rings is 1. The van der Waals surface area contributed by atoms with Crippen molar-refractivity contribution in [2.75, 3.05) is 25.0 Å². The van der Waals surface area contributed by atoms with Crippen molar-refractivity contribution in [1.29, 1.82) is 0 Å². The molecule has 6 heteroatoms. The Morgan fingerprint density at radius 3 is 2.38 bits per heavy atom. The van der Waals surface area contributed by atoms with E-state index in [1.54, 1.807) is 24.5 Å². The fourth-order valence-corrected chi connectivity index (χ4v) is 3.07. The Bertz CT molecular complexity index is 738. The molecule has 0 spiro atoms. The van der Waals surface area contributed by atoms with Crippen molar-refractivity contribution in [2.24, 2.45) is 5.92 Å². The predicted molar refractivity (Wildman–Crippen MR) is 101 cm³/mol. The lowest BCUT2D eigenvalue weighted by Gasteiger charge is -2.32. The van der Waals surface area contributed by atoms with Gasteiger partial charge in [0.25, 0.3) is 5.91 Å². The number of nitrogens with one attached hydrogen (secondary N) is 2. The zero-order valence-corrected chi connectivity index (χ0v) is 14.9. The third-order valence-corrected chi connectivity index (χ3v) is 4.69. The van der Waals surface area contributed by atoms with E-state index in [0.717, 1.165) is 24.1 Å². The van der Waals surface area contributed by atoms with E-state index in [1.165, 1.54) is 0 Å². The van der Waals surface area contributed by atoms with E-state index < -0.39 is 0 Å². The van der Waals surface area contributed by atoms with Gasteiger partial charge in [-0.25, -0.2) is 4.79 Å². The highest BCUT2D eigenvalue weighted by Crippen LogP contribution is 2.18. The molecule has 1 saturated heterocycles. The number of urea groups is 1. The second kappa shape index (κ2) is 8.47. The van der Waals surface area contributed by atoms with Crippen LogP contribution < -0.4 is 10.6 Å². The van der Waals surface area contributed by atoms with E-state index in [2.05, 4.69) is 15.6 Å². The van der Waals surface area contributed by atoms with Crippen LogP contribution in [0.5, 0.6) is 0 Å². The molecule has 2 aromatic rings. The molecule has 1 aliphatic heterocycles. The Morgan fingerprint density at radius 2 is 1.73 bits per heavy atom. The van der Waals surface area contributed by atoms with E-state index in [1.807, 2.05) is 36.1 Å². The van der Waals surface area contributed by atoms with Gasteiger partial charge in [-0.3, -0.25) is 9.78 Å². The fourth-order valence-electron chi connectivity index (χ4n) is 3.07. The first-order valence-electron chi connectivity index (χ1n) is 8.92. The maximum Gasteiger partial charge on any atom is 0.319 e. The number of carbonyl (C=O) groups is 2. The lowest BCUT2D eigenvalue weighted by Crippen LogP contribution is -2.42. The summed E-state index contributed by atoms with van der Waals surface area (Å²) < 4.78 is 0. The number of amides is 3. The van der Waals surface area contributed by atoms with Crippen molar-refractivity contribution in [2.45, 2.75) is 19.8 Å². The van der Waals surface area contributed by atoms with Crippen molar-refractivity contribution in [3.05, 3.63) is 59.9 Å². The number of aromatic nitrogens is 1. The van der Waals surface area contributed by atoms with Gasteiger partial charge in [-0.1, -0.05) is 17.7 Å². The summed E-state index contributed by atoms with van der Waals surface area (Å²) in [4.78, 5) is 30.2. The Hall–Kier alpha value is -2.89. The molecule has 1 fully saturated rings. The lowest BCUT2D eigenvalue weighted by molar-refractivity contribution is 0.0690. The Labute approximate surface area is 153 Å². The first-order valence-corrected chi connectivity index (χ1v) is 8.92. The average molecular weight is 352 g/mol. The number of nitrogens with zero attached hydrogens (tertiary/aromatic N) is 2. The minimum Gasteiger partial charge on any atom is -0.339 e. The van der Waals surface area contributed by atoms with E-state index in [4.69, 9.17) is 0 Å². The number of anilines is 1. The molecule has 1 aliphatic rings. The number of rotatable bonds is 4. The summed E-state index contributed by atoms with van der Waals surface area (Å²) >= 11 is 0. The van der Waals surface area contributed by atoms with E-state index in [9.17, 15) is 9.59 Å². The molecule has 3 amide bonds. The zero-order valence-electron chi connectivity index (χ0n) is 14.9. The summed E-state index contributed by atoms with van der Waals surface area (Å²) in [7, 11) is 0. The summed E-state index contributed by atoms with van der Waals surface area (Å²) in [5.41, 5.74) is 2.61. The molecule has 0 saturated carbocycles. The van der Waals surface area contributed by atoms with Crippen LogP contribution in [0.15, 0.2) is 48.8 Å². The van der Waals surface area contributed by atoms with E-state index in [0.29, 0.717) is 31.1 Å². The number of likely N-dealkylation sites (tertiary alicyclic amines) is 1. The van der Waals surface area contributed by atoms with Gasteiger partial charge >= 0.3 is 6.03 Å². The normalized spacial score (nSPS) is 14.7. The molecule has 2 heterocycles. The third kappa shape index (κ3) is 4.81. The highest BCUT2D eigenvalue weighted by atomic mass is 16.2. The molecule has 0 unspecified atom stereocenters. The Morgan fingerprint density at radius 1 is 1.08 bits per heavy atom. The van der Waals surface area contributed by atoms with Crippen LogP contribution in [0.1, 0.15) is 28.8 Å². The molecule has 0 bridgehead atoms. The number of piperidine rings is 1. The molecule has 0 aliphatic carbocycles. The van der Waals surface area contributed by atoms with Crippen molar-refractivity contribution < 1.29 is 9.59 Å². The van der Waals surface area contributed by atoms with Gasteiger partial charge in [-0.05, 0) is 49.9 Å². The van der Waals surface area contributed by atoms with Crippen LogP contribution in [0.25, 0.3) is 0 Å². The van der Waals surface area contributed by atoms with Crippen LogP contribution in [0.3, 0.4) is 0 Å². The van der Waals surface area contributed by atoms with E-state index >= 15 is 0 Å². The van der Waals surface area contributed by atoms with Crippen LogP contribution in [-0.4, -0.2) is 41.5 Å². The topological polar surface area (TPSA) is 74.3 Å². The summed E-state index contributed by atoms with van der Waals surface area (Å²) in [6.07, 6.45) is 5.05. The van der Waals surface area contributed by atoms with Crippen molar-refractivity contribution in [3.63, 3.8) is 0 Å². The molecule has 0 atom stereocenters. The van der Waals surface area contributed by atoms with Crippen LogP contribution >= 0.6 is 0 Å². The molecular weight excluding hydrogens is 328 g/mol. The summed E-state index contributed by atoms with van der Waals surface area (Å²) in [6, 6.07) is 11.0. The molecule has 1 aromatic carbocycles. The lowest BCUT2D eigenvalue weighted by atomic mass is 9.96. The fraction of sp³-hybridized carbons (Fsp3) is 0.350. The second-order valence-corrected chi connectivity index (χ2v) is 6.67. The summed E-state index contributed by atoms with van der Waals surface area (Å²) in [5.74, 6) is 0.441. The highest BCUT2D eigenvalue weighted by molar-refractivity contribution is 5.94. The molecular formula is C20H24N4O2. The quantitative estimate of drug-likeness (QED) is 0.888. The summed E-state index contributed by atoms with van der Waals surface area (Å²) in [6.45, 7) is 4.06. The monoisotopic (exact) mass is 352 g/mol. The van der Waals surface area contributed by atoms with Gasteiger partial charge in [0.2, 0.25) is 0 Å². The van der Waals surface area contributed by atoms with Crippen molar-refractivity contribution in [1.82, 2.24) is 15.2 Å². The molecule has 2 N–H and O–H groups in total.